The highest BCUT2D eigenvalue weighted by Crippen LogP contribution is 2.43. The average Bonchev–Trinajstić information content (AvgIpc) is 2.80. The standard InChI is InChI=1S/C16H17N3O2/c20-15-12-2-1-11(5-9(12)3-4-18-15)19-16(21)13-6-10-7-17-8-14(10)13/h1-5,10,13-14,17H,6-8H2,(H,18,20)(H,19,21). The van der Waals surface area contributed by atoms with E-state index in [1.165, 1.54) is 0 Å². The molecule has 1 aromatic carbocycles. The number of amides is 1. The first-order valence-electron chi connectivity index (χ1n) is 7.35. The molecule has 1 aliphatic carbocycles. The fourth-order valence-corrected chi connectivity index (χ4v) is 3.59. The summed E-state index contributed by atoms with van der Waals surface area (Å²) in [5.74, 6) is 1.40. The number of hydrogen-bond acceptors (Lipinski definition) is 3. The minimum absolute atomic E-state index is 0.101. The highest BCUT2D eigenvalue weighted by molar-refractivity contribution is 5.96. The van der Waals surface area contributed by atoms with Crippen molar-refractivity contribution < 1.29 is 4.79 Å². The lowest BCUT2D eigenvalue weighted by molar-refractivity contribution is -0.126. The number of rotatable bonds is 2. The van der Waals surface area contributed by atoms with Crippen LogP contribution >= 0.6 is 0 Å². The molecular formula is C16H17N3O2. The van der Waals surface area contributed by atoms with Crippen molar-refractivity contribution in [3.8, 4) is 0 Å². The minimum Gasteiger partial charge on any atom is -0.329 e. The zero-order valence-electron chi connectivity index (χ0n) is 11.6. The Labute approximate surface area is 121 Å². The summed E-state index contributed by atoms with van der Waals surface area (Å²) in [6.07, 6.45) is 2.60. The molecule has 2 heterocycles. The van der Waals surface area contributed by atoms with Gasteiger partial charge in [-0.25, -0.2) is 0 Å². The van der Waals surface area contributed by atoms with Gasteiger partial charge in [-0.2, -0.15) is 0 Å². The molecule has 5 nitrogen and oxygen atoms in total. The van der Waals surface area contributed by atoms with E-state index < -0.39 is 0 Å². The predicted molar refractivity (Wildman–Crippen MR) is 81.2 cm³/mol. The molecule has 21 heavy (non-hydrogen) atoms. The molecule has 5 heteroatoms. The summed E-state index contributed by atoms with van der Waals surface area (Å²) in [7, 11) is 0. The Balaban J connectivity index is 1.54. The lowest BCUT2D eigenvalue weighted by atomic mass is 9.66. The monoisotopic (exact) mass is 283 g/mol. The summed E-state index contributed by atoms with van der Waals surface area (Å²) in [4.78, 5) is 26.6. The molecule has 108 valence electrons. The van der Waals surface area contributed by atoms with Crippen molar-refractivity contribution in [3.63, 3.8) is 0 Å². The molecule has 2 aromatic rings. The molecule has 1 aliphatic heterocycles. The maximum Gasteiger partial charge on any atom is 0.255 e. The van der Waals surface area contributed by atoms with Crippen molar-refractivity contribution in [2.24, 2.45) is 17.8 Å². The van der Waals surface area contributed by atoms with Gasteiger partial charge in [0.2, 0.25) is 5.91 Å². The first kappa shape index (κ1) is 12.6. The van der Waals surface area contributed by atoms with Crippen LogP contribution in [0.5, 0.6) is 0 Å². The van der Waals surface area contributed by atoms with Gasteiger partial charge in [0.1, 0.15) is 0 Å². The van der Waals surface area contributed by atoms with Crippen molar-refractivity contribution in [1.82, 2.24) is 10.3 Å². The molecule has 3 N–H and O–H groups in total. The molecule has 4 rings (SSSR count). The van der Waals surface area contributed by atoms with Gasteiger partial charge in [-0.15, -0.1) is 0 Å². The Morgan fingerprint density at radius 2 is 2.14 bits per heavy atom. The van der Waals surface area contributed by atoms with E-state index in [2.05, 4.69) is 15.6 Å². The topological polar surface area (TPSA) is 74.0 Å². The predicted octanol–water partition coefficient (Wildman–Crippen LogP) is 1.32. The van der Waals surface area contributed by atoms with E-state index in [4.69, 9.17) is 0 Å². The molecule has 3 unspecified atom stereocenters. The summed E-state index contributed by atoms with van der Waals surface area (Å²) in [5.41, 5.74) is 0.650. The summed E-state index contributed by atoms with van der Waals surface area (Å²) in [6, 6.07) is 7.24. The maximum absolute atomic E-state index is 12.3. The van der Waals surface area contributed by atoms with E-state index in [0.29, 0.717) is 17.2 Å². The Morgan fingerprint density at radius 1 is 1.24 bits per heavy atom. The Bertz CT molecular complexity index is 767. The first-order valence-corrected chi connectivity index (χ1v) is 7.35. The largest absolute Gasteiger partial charge is 0.329 e. The summed E-state index contributed by atoms with van der Waals surface area (Å²) < 4.78 is 0. The molecule has 2 aliphatic rings. The summed E-state index contributed by atoms with van der Waals surface area (Å²) in [5, 5.41) is 7.81. The zero-order chi connectivity index (χ0) is 14.4. The number of H-pyrrole nitrogens is 1. The van der Waals surface area contributed by atoms with Gasteiger partial charge in [0.25, 0.3) is 5.56 Å². The lowest BCUT2D eigenvalue weighted by Gasteiger charge is -2.38. The van der Waals surface area contributed by atoms with Gasteiger partial charge in [0.15, 0.2) is 0 Å². The van der Waals surface area contributed by atoms with Crippen molar-refractivity contribution in [3.05, 3.63) is 40.8 Å². The molecule has 0 spiro atoms. The molecular weight excluding hydrogens is 266 g/mol. The third-order valence-corrected chi connectivity index (χ3v) is 4.84. The van der Waals surface area contributed by atoms with E-state index in [9.17, 15) is 9.59 Å². The second-order valence-electron chi connectivity index (χ2n) is 6.02. The Morgan fingerprint density at radius 3 is 3.00 bits per heavy atom. The van der Waals surface area contributed by atoms with E-state index in [-0.39, 0.29) is 17.4 Å². The number of aromatic nitrogens is 1. The van der Waals surface area contributed by atoms with Gasteiger partial charge in [-0.1, -0.05) is 0 Å². The normalized spacial score (nSPS) is 27.1. The fourth-order valence-electron chi connectivity index (χ4n) is 3.59. The first-order chi connectivity index (χ1) is 10.2. The second-order valence-corrected chi connectivity index (χ2v) is 6.02. The number of fused-ring (bicyclic) bond motifs is 2. The fraction of sp³-hybridized carbons (Fsp3) is 0.375. The van der Waals surface area contributed by atoms with Crippen LogP contribution in [0.4, 0.5) is 5.69 Å². The van der Waals surface area contributed by atoms with Crippen molar-refractivity contribution in [2.45, 2.75) is 6.42 Å². The van der Waals surface area contributed by atoms with Crippen LogP contribution < -0.4 is 16.2 Å². The third-order valence-electron chi connectivity index (χ3n) is 4.84. The van der Waals surface area contributed by atoms with E-state index >= 15 is 0 Å². The van der Waals surface area contributed by atoms with Gasteiger partial charge < -0.3 is 15.6 Å². The quantitative estimate of drug-likeness (QED) is 0.778. The highest BCUT2D eigenvalue weighted by Gasteiger charge is 2.47. The van der Waals surface area contributed by atoms with Crippen LogP contribution in [0.15, 0.2) is 35.3 Å². The van der Waals surface area contributed by atoms with Crippen molar-refractivity contribution in [1.29, 1.82) is 0 Å². The number of carbonyl (C=O) groups excluding carboxylic acids is 1. The lowest BCUT2D eigenvalue weighted by Crippen LogP contribution is -2.43. The number of carbonyl (C=O) groups is 1. The van der Waals surface area contributed by atoms with Gasteiger partial charge in [0, 0.05) is 23.2 Å². The Hall–Kier alpha value is -2.14. The van der Waals surface area contributed by atoms with Crippen LogP contribution in [0.3, 0.4) is 0 Å². The van der Waals surface area contributed by atoms with Crippen LogP contribution in [-0.2, 0) is 4.79 Å². The van der Waals surface area contributed by atoms with Gasteiger partial charge in [-0.3, -0.25) is 9.59 Å². The number of anilines is 1. The summed E-state index contributed by atoms with van der Waals surface area (Å²) >= 11 is 0. The smallest absolute Gasteiger partial charge is 0.255 e. The van der Waals surface area contributed by atoms with E-state index in [0.717, 1.165) is 30.6 Å². The number of hydrogen-bond donors (Lipinski definition) is 3. The molecule has 1 saturated carbocycles. The molecule has 1 saturated heterocycles. The SMILES string of the molecule is O=C(Nc1ccc2c(=O)[nH]ccc2c1)C1CC2CNCC21. The minimum atomic E-state index is -0.107. The molecule has 0 bridgehead atoms. The van der Waals surface area contributed by atoms with Crippen LogP contribution in [0.1, 0.15) is 6.42 Å². The van der Waals surface area contributed by atoms with E-state index in [1.807, 2.05) is 12.1 Å². The number of pyridine rings is 1. The van der Waals surface area contributed by atoms with Gasteiger partial charge in [-0.05, 0) is 61.0 Å². The highest BCUT2D eigenvalue weighted by atomic mass is 16.2. The van der Waals surface area contributed by atoms with Gasteiger partial charge >= 0.3 is 0 Å². The molecule has 3 atom stereocenters. The molecule has 1 amide bonds. The average molecular weight is 283 g/mol. The van der Waals surface area contributed by atoms with Crippen LogP contribution in [0.25, 0.3) is 10.8 Å². The van der Waals surface area contributed by atoms with Crippen molar-refractivity contribution in [2.75, 3.05) is 18.4 Å². The third kappa shape index (κ3) is 2.05. The second kappa shape index (κ2) is 4.70. The van der Waals surface area contributed by atoms with Gasteiger partial charge in [0.05, 0.1) is 0 Å². The summed E-state index contributed by atoms with van der Waals surface area (Å²) in [6.45, 7) is 2.00. The van der Waals surface area contributed by atoms with Crippen LogP contribution in [0, 0.1) is 17.8 Å². The van der Waals surface area contributed by atoms with Crippen molar-refractivity contribution >= 4 is 22.4 Å². The maximum atomic E-state index is 12.3. The molecule has 1 aromatic heterocycles. The van der Waals surface area contributed by atoms with E-state index in [1.54, 1.807) is 18.3 Å². The number of nitrogens with one attached hydrogen (secondary N) is 3. The number of aromatic amines is 1. The zero-order valence-corrected chi connectivity index (χ0v) is 11.6. The number of benzene rings is 1. The van der Waals surface area contributed by atoms with Crippen LogP contribution in [-0.4, -0.2) is 24.0 Å². The molecule has 2 fully saturated rings. The molecule has 0 radical (unpaired) electrons. The Kier molecular flexibility index (Phi) is 2.82. The van der Waals surface area contributed by atoms with Crippen LogP contribution in [0.2, 0.25) is 0 Å².